The summed E-state index contributed by atoms with van der Waals surface area (Å²) >= 11 is 5.96. The third-order valence-electron chi connectivity index (χ3n) is 4.23. The van der Waals surface area contributed by atoms with Crippen molar-refractivity contribution in [2.75, 3.05) is 11.4 Å². The summed E-state index contributed by atoms with van der Waals surface area (Å²) in [5.41, 5.74) is 6.79. The highest BCUT2D eigenvalue weighted by molar-refractivity contribution is 6.33. The van der Waals surface area contributed by atoms with E-state index in [2.05, 4.69) is 10.9 Å². The lowest BCUT2D eigenvalue weighted by Crippen LogP contribution is -2.45. The molecule has 2 aromatic rings. The van der Waals surface area contributed by atoms with E-state index in [-0.39, 0.29) is 24.4 Å². The van der Waals surface area contributed by atoms with E-state index < -0.39 is 17.7 Å². The zero-order chi connectivity index (χ0) is 18.7. The second kappa shape index (κ2) is 7.58. The summed E-state index contributed by atoms with van der Waals surface area (Å²) in [6.45, 7) is 2.22. The highest BCUT2D eigenvalue weighted by atomic mass is 35.5. The molecule has 0 spiro atoms. The first-order valence-corrected chi connectivity index (χ1v) is 8.55. The molecule has 3 rings (SSSR count). The third kappa shape index (κ3) is 3.86. The number of hydrogen-bond acceptors (Lipinski definition) is 3. The smallest absolute Gasteiger partial charge is 0.271 e. The molecule has 1 aliphatic heterocycles. The molecule has 0 aliphatic carbocycles. The van der Waals surface area contributed by atoms with Gasteiger partial charge in [-0.1, -0.05) is 35.9 Å². The Morgan fingerprint density at radius 1 is 1.12 bits per heavy atom. The number of anilines is 1. The molecule has 1 fully saturated rings. The van der Waals surface area contributed by atoms with E-state index in [9.17, 15) is 14.4 Å². The Morgan fingerprint density at radius 2 is 1.88 bits per heavy atom. The van der Waals surface area contributed by atoms with Crippen LogP contribution in [-0.4, -0.2) is 24.3 Å². The predicted octanol–water partition coefficient (Wildman–Crippen LogP) is 2.46. The average Bonchev–Trinajstić information content (AvgIpc) is 3.01. The number of hydrogen-bond donors (Lipinski definition) is 2. The van der Waals surface area contributed by atoms with Crippen LogP contribution < -0.4 is 15.8 Å². The number of benzene rings is 2. The van der Waals surface area contributed by atoms with E-state index in [4.69, 9.17) is 11.6 Å². The molecule has 0 bridgehead atoms. The van der Waals surface area contributed by atoms with E-state index >= 15 is 0 Å². The van der Waals surface area contributed by atoms with E-state index in [0.717, 1.165) is 11.3 Å². The first kappa shape index (κ1) is 17.9. The summed E-state index contributed by atoms with van der Waals surface area (Å²) in [6, 6.07) is 14.1. The van der Waals surface area contributed by atoms with Crippen molar-refractivity contribution in [2.24, 2.45) is 5.92 Å². The summed E-state index contributed by atoms with van der Waals surface area (Å²) < 4.78 is 0. The number of nitrogens with one attached hydrogen (secondary N) is 2. The number of hydrazine groups is 1. The fraction of sp³-hybridized carbons (Fsp3) is 0.211. The number of nitrogens with zero attached hydrogens (tertiary/aromatic N) is 1. The van der Waals surface area contributed by atoms with Crippen molar-refractivity contribution in [3.63, 3.8) is 0 Å². The highest BCUT2D eigenvalue weighted by Crippen LogP contribution is 2.25. The number of rotatable bonds is 3. The van der Waals surface area contributed by atoms with Crippen LogP contribution in [0.2, 0.25) is 5.02 Å². The monoisotopic (exact) mass is 371 g/mol. The van der Waals surface area contributed by atoms with E-state index in [0.29, 0.717) is 5.02 Å². The summed E-state index contributed by atoms with van der Waals surface area (Å²) in [7, 11) is 0. The molecular formula is C19H18ClN3O3. The van der Waals surface area contributed by atoms with Gasteiger partial charge in [0, 0.05) is 18.7 Å². The Balaban J connectivity index is 1.60. The van der Waals surface area contributed by atoms with Crippen molar-refractivity contribution < 1.29 is 14.4 Å². The molecule has 1 aliphatic rings. The minimum absolute atomic E-state index is 0.0989. The van der Waals surface area contributed by atoms with E-state index in [1.807, 2.05) is 31.2 Å². The van der Waals surface area contributed by atoms with Crippen LogP contribution in [0.3, 0.4) is 0 Å². The fourth-order valence-corrected chi connectivity index (χ4v) is 3.08. The van der Waals surface area contributed by atoms with Crippen molar-refractivity contribution >= 4 is 35.0 Å². The normalized spacial score (nSPS) is 16.5. The Morgan fingerprint density at radius 3 is 2.62 bits per heavy atom. The maximum atomic E-state index is 12.3. The van der Waals surface area contributed by atoms with Crippen LogP contribution in [0, 0.1) is 12.8 Å². The van der Waals surface area contributed by atoms with Crippen molar-refractivity contribution in [3.8, 4) is 0 Å². The molecule has 0 saturated carbocycles. The number of aryl methyl sites for hydroxylation is 1. The fourth-order valence-electron chi connectivity index (χ4n) is 2.86. The number of halogens is 1. The summed E-state index contributed by atoms with van der Waals surface area (Å²) in [5.74, 6) is -1.57. The van der Waals surface area contributed by atoms with Gasteiger partial charge in [0.1, 0.15) is 0 Å². The topological polar surface area (TPSA) is 78.5 Å². The van der Waals surface area contributed by atoms with Gasteiger partial charge in [-0.25, -0.2) is 0 Å². The zero-order valence-corrected chi connectivity index (χ0v) is 14.9. The second-order valence-electron chi connectivity index (χ2n) is 6.17. The van der Waals surface area contributed by atoms with Crippen molar-refractivity contribution in [3.05, 3.63) is 64.7 Å². The Kier molecular flexibility index (Phi) is 5.23. The van der Waals surface area contributed by atoms with Crippen LogP contribution in [0.4, 0.5) is 5.69 Å². The van der Waals surface area contributed by atoms with E-state index in [1.165, 1.54) is 0 Å². The van der Waals surface area contributed by atoms with Crippen LogP contribution in [0.15, 0.2) is 48.5 Å². The molecule has 7 heteroatoms. The van der Waals surface area contributed by atoms with Gasteiger partial charge in [-0.05, 0) is 36.8 Å². The summed E-state index contributed by atoms with van der Waals surface area (Å²) in [6.07, 6.45) is 0.0989. The molecular weight excluding hydrogens is 354 g/mol. The quantitative estimate of drug-likeness (QED) is 0.813. The zero-order valence-electron chi connectivity index (χ0n) is 14.2. The molecule has 0 radical (unpaired) electrons. The molecule has 1 saturated heterocycles. The first-order valence-electron chi connectivity index (χ1n) is 8.17. The molecule has 134 valence electrons. The van der Waals surface area contributed by atoms with Gasteiger partial charge < -0.3 is 4.90 Å². The molecule has 2 aromatic carbocycles. The van der Waals surface area contributed by atoms with Gasteiger partial charge in [0.2, 0.25) is 11.8 Å². The molecule has 1 heterocycles. The molecule has 0 unspecified atom stereocenters. The van der Waals surface area contributed by atoms with Crippen molar-refractivity contribution in [1.82, 2.24) is 10.9 Å². The Hall–Kier alpha value is -2.86. The van der Waals surface area contributed by atoms with Crippen molar-refractivity contribution in [2.45, 2.75) is 13.3 Å². The summed E-state index contributed by atoms with van der Waals surface area (Å²) in [4.78, 5) is 38.2. The van der Waals surface area contributed by atoms with Crippen LogP contribution >= 0.6 is 11.6 Å². The van der Waals surface area contributed by atoms with Crippen LogP contribution in [0.5, 0.6) is 0 Å². The lowest BCUT2D eigenvalue weighted by molar-refractivity contribution is -0.126. The largest absolute Gasteiger partial charge is 0.312 e. The summed E-state index contributed by atoms with van der Waals surface area (Å²) in [5, 5.41) is 0.293. The standard InChI is InChI=1S/C19H18ClN3O3/c1-12-5-4-6-14(9-12)23-11-13(10-17(23)24)18(25)21-22-19(26)15-7-2-3-8-16(15)20/h2-9,13H,10-11H2,1H3,(H,21,25)(H,22,26)/t13-/m1/s1. The lowest BCUT2D eigenvalue weighted by Gasteiger charge is -2.17. The maximum absolute atomic E-state index is 12.3. The SMILES string of the molecule is Cc1cccc(N2C[C@H](C(=O)NNC(=O)c3ccccc3Cl)CC2=O)c1. The van der Waals surface area contributed by atoms with Crippen LogP contribution in [0.25, 0.3) is 0 Å². The Bertz CT molecular complexity index is 869. The van der Waals surface area contributed by atoms with Gasteiger partial charge in [0.25, 0.3) is 5.91 Å². The van der Waals surface area contributed by atoms with Crippen molar-refractivity contribution in [1.29, 1.82) is 0 Å². The first-order chi connectivity index (χ1) is 12.5. The third-order valence-corrected chi connectivity index (χ3v) is 4.56. The molecule has 26 heavy (non-hydrogen) atoms. The van der Waals surface area contributed by atoms with Gasteiger partial charge in [-0.15, -0.1) is 0 Å². The van der Waals surface area contributed by atoms with Gasteiger partial charge in [0.15, 0.2) is 0 Å². The minimum atomic E-state index is -0.533. The second-order valence-corrected chi connectivity index (χ2v) is 6.57. The lowest BCUT2D eigenvalue weighted by atomic mass is 10.1. The Labute approximate surface area is 156 Å². The van der Waals surface area contributed by atoms with Gasteiger partial charge >= 0.3 is 0 Å². The number of carbonyl (C=O) groups is 3. The van der Waals surface area contributed by atoms with E-state index in [1.54, 1.807) is 29.2 Å². The number of carbonyl (C=O) groups excluding carboxylic acids is 3. The molecule has 6 nitrogen and oxygen atoms in total. The predicted molar refractivity (Wildman–Crippen MR) is 98.7 cm³/mol. The molecule has 0 aromatic heterocycles. The van der Waals surface area contributed by atoms with Crippen LogP contribution in [0.1, 0.15) is 22.3 Å². The molecule has 3 amide bonds. The minimum Gasteiger partial charge on any atom is -0.312 e. The van der Waals surface area contributed by atoms with Gasteiger partial charge in [-0.2, -0.15) is 0 Å². The average molecular weight is 372 g/mol. The van der Waals surface area contributed by atoms with Gasteiger partial charge in [-0.3, -0.25) is 25.2 Å². The highest BCUT2D eigenvalue weighted by Gasteiger charge is 2.35. The van der Waals surface area contributed by atoms with Crippen LogP contribution in [-0.2, 0) is 9.59 Å². The molecule has 1 atom stereocenters. The maximum Gasteiger partial charge on any atom is 0.271 e. The van der Waals surface area contributed by atoms with Gasteiger partial charge in [0.05, 0.1) is 16.5 Å². The number of amides is 3. The molecule has 2 N–H and O–H groups in total.